The van der Waals surface area contributed by atoms with Crippen molar-refractivity contribution < 1.29 is 14.4 Å². The number of rotatable bonds is 6. The Labute approximate surface area is 158 Å². The molecule has 7 heteroatoms. The van der Waals surface area contributed by atoms with Gasteiger partial charge in [-0.15, -0.1) is 0 Å². The molecule has 142 valence electrons. The number of para-hydroxylation sites is 1. The molecule has 2 aromatic carbocycles. The Hall–Kier alpha value is -3.35. The first kappa shape index (κ1) is 20.0. The fraction of sp³-hybridized carbons (Fsp3) is 0.250. The van der Waals surface area contributed by atoms with Gasteiger partial charge >= 0.3 is 6.03 Å². The molecule has 2 aromatic rings. The second kappa shape index (κ2) is 9.38. The van der Waals surface area contributed by atoms with Crippen LogP contribution < -0.4 is 21.3 Å². The molecule has 0 spiro atoms. The van der Waals surface area contributed by atoms with Gasteiger partial charge in [-0.1, -0.05) is 38.1 Å². The molecular formula is C20H24N4O3. The lowest BCUT2D eigenvalue weighted by Gasteiger charge is -2.22. The number of hydrogen-bond donors (Lipinski definition) is 4. The maximum absolute atomic E-state index is 12.6. The Morgan fingerprint density at radius 2 is 1.52 bits per heavy atom. The summed E-state index contributed by atoms with van der Waals surface area (Å²) in [4.78, 5) is 36.6. The molecule has 1 unspecified atom stereocenters. The molecule has 0 heterocycles. The van der Waals surface area contributed by atoms with E-state index in [9.17, 15) is 14.4 Å². The highest BCUT2D eigenvalue weighted by molar-refractivity contribution is 6.00. The van der Waals surface area contributed by atoms with Gasteiger partial charge in [0.25, 0.3) is 5.91 Å². The Morgan fingerprint density at radius 3 is 2.15 bits per heavy atom. The maximum Gasteiger partial charge on any atom is 0.319 e. The van der Waals surface area contributed by atoms with E-state index in [2.05, 4.69) is 21.3 Å². The molecular weight excluding hydrogens is 344 g/mol. The van der Waals surface area contributed by atoms with Gasteiger partial charge in [0.1, 0.15) is 6.04 Å². The molecule has 0 aliphatic heterocycles. The molecule has 0 bridgehead atoms. The second-order valence-corrected chi connectivity index (χ2v) is 6.34. The number of nitrogens with one attached hydrogen (secondary N) is 4. The number of urea groups is 1. The first-order valence-electron chi connectivity index (χ1n) is 8.66. The summed E-state index contributed by atoms with van der Waals surface area (Å²) in [5.74, 6) is -0.734. The van der Waals surface area contributed by atoms with E-state index in [1.54, 1.807) is 36.4 Å². The minimum Gasteiger partial charge on any atom is -0.355 e. The molecule has 2 rings (SSSR count). The van der Waals surface area contributed by atoms with Crippen molar-refractivity contribution in [3.63, 3.8) is 0 Å². The maximum atomic E-state index is 12.6. The summed E-state index contributed by atoms with van der Waals surface area (Å²) in [7, 11) is 1.54. The van der Waals surface area contributed by atoms with Crippen molar-refractivity contribution in [1.29, 1.82) is 0 Å². The molecule has 4 amide bonds. The summed E-state index contributed by atoms with van der Waals surface area (Å²) >= 11 is 0. The van der Waals surface area contributed by atoms with E-state index >= 15 is 0 Å². The number of hydrogen-bond acceptors (Lipinski definition) is 3. The van der Waals surface area contributed by atoms with Crippen molar-refractivity contribution in [2.24, 2.45) is 5.92 Å². The van der Waals surface area contributed by atoms with Gasteiger partial charge in [-0.2, -0.15) is 0 Å². The zero-order chi connectivity index (χ0) is 19.8. The SMILES string of the molecule is CNC(=O)c1cccc(NC(=O)C(NC(=O)Nc2ccccc2)C(C)C)c1. The fourth-order valence-corrected chi connectivity index (χ4v) is 2.47. The van der Waals surface area contributed by atoms with Crippen molar-refractivity contribution in [2.45, 2.75) is 19.9 Å². The molecule has 0 saturated carbocycles. The number of benzene rings is 2. The van der Waals surface area contributed by atoms with Crippen LogP contribution in [0.5, 0.6) is 0 Å². The Bertz CT molecular complexity index is 806. The Balaban J connectivity index is 2.04. The summed E-state index contributed by atoms with van der Waals surface area (Å²) in [6.45, 7) is 3.68. The smallest absolute Gasteiger partial charge is 0.319 e. The number of carbonyl (C=O) groups is 3. The summed E-state index contributed by atoms with van der Waals surface area (Å²) in [6, 6.07) is 14.4. The molecule has 0 aromatic heterocycles. The van der Waals surface area contributed by atoms with Gasteiger partial charge in [-0.05, 0) is 36.2 Å². The quantitative estimate of drug-likeness (QED) is 0.631. The van der Waals surface area contributed by atoms with Crippen LogP contribution in [0, 0.1) is 5.92 Å². The fourth-order valence-electron chi connectivity index (χ4n) is 2.47. The molecule has 7 nitrogen and oxygen atoms in total. The summed E-state index contributed by atoms with van der Waals surface area (Å²) in [5, 5.41) is 10.7. The van der Waals surface area contributed by atoms with Crippen LogP contribution in [0.25, 0.3) is 0 Å². The molecule has 0 radical (unpaired) electrons. The van der Waals surface area contributed by atoms with Gasteiger partial charge < -0.3 is 21.3 Å². The van der Waals surface area contributed by atoms with Gasteiger partial charge in [-0.25, -0.2) is 4.79 Å². The van der Waals surface area contributed by atoms with Gasteiger partial charge in [-0.3, -0.25) is 9.59 Å². The molecule has 4 N–H and O–H groups in total. The van der Waals surface area contributed by atoms with Crippen LogP contribution in [0.4, 0.5) is 16.2 Å². The van der Waals surface area contributed by atoms with Crippen LogP contribution in [0.1, 0.15) is 24.2 Å². The Kier molecular flexibility index (Phi) is 6.93. The van der Waals surface area contributed by atoms with Gasteiger partial charge in [0.2, 0.25) is 5.91 Å². The number of amides is 4. The van der Waals surface area contributed by atoms with E-state index in [0.29, 0.717) is 16.9 Å². The highest BCUT2D eigenvalue weighted by atomic mass is 16.2. The van der Waals surface area contributed by atoms with E-state index in [0.717, 1.165) is 0 Å². The van der Waals surface area contributed by atoms with Crippen molar-refractivity contribution in [2.75, 3.05) is 17.7 Å². The van der Waals surface area contributed by atoms with Crippen LogP contribution in [0.3, 0.4) is 0 Å². The van der Waals surface area contributed by atoms with E-state index in [-0.39, 0.29) is 17.7 Å². The van der Waals surface area contributed by atoms with E-state index in [1.807, 2.05) is 32.0 Å². The molecule has 0 saturated heterocycles. The highest BCUT2D eigenvalue weighted by Gasteiger charge is 2.24. The predicted molar refractivity (Wildman–Crippen MR) is 106 cm³/mol. The van der Waals surface area contributed by atoms with Gasteiger partial charge in [0.15, 0.2) is 0 Å². The van der Waals surface area contributed by atoms with Crippen LogP contribution in [0.2, 0.25) is 0 Å². The van der Waals surface area contributed by atoms with Crippen molar-refractivity contribution >= 4 is 29.2 Å². The molecule has 1 atom stereocenters. The van der Waals surface area contributed by atoms with E-state index in [1.165, 1.54) is 7.05 Å². The third kappa shape index (κ3) is 5.85. The lowest BCUT2D eigenvalue weighted by atomic mass is 10.0. The normalized spacial score (nSPS) is 11.4. The van der Waals surface area contributed by atoms with Crippen LogP contribution in [-0.2, 0) is 4.79 Å². The van der Waals surface area contributed by atoms with Gasteiger partial charge in [0, 0.05) is 24.0 Å². The van der Waals surface area contributed by atoms with E-state index in [4.69, 9.17) is 0 Å². The topological polar surface area (TPSA) is 99.3 Å². The Morgan fingerprint density at radius 1 is 0.852 bits per heavy atom. The zero-order valence-corrected chi connectivity index (χ0v) is 15.6. The molecule has 0 aliphatic carbocycles. The average Bonchev–Trinajstić information content (AvgIpc) is 2.66. The minimum atomic E-state index is -0.739. The van der Waals surface area contributed by atoms with E-state index < -0.39 is 12.1 Å². The third-order valence-corrected chi connectivity index (χ3v) is 3.89. The standard InChI is InChI=1S/C20H24N4O3/c1-13(2)17(24-20(27)23-15-9-5-4-6-10-15)19(26)22-16-11-7-8-14(12-16)18(25)21-3/h4-13,17H,1-3H3,(H,21,25)(H,22,26)(H2,23,24,27). The zero-order valence-electron chi connectivity index (χ0n) is 15.6. The van der Waals surface area contributed by atoms with Crippen molar-refractivity contribution in [3.8, 4) is 0 Å². The minimum absolute atomic E-state index is 0.131. The van der Waals surface area contributed by atoms with Crippen molar-refractivity contribution in [1.82, 2.24) is 10.6 Å². The highest BCUT2D eigenvalue weighted by Crippen LogP contribution is 2.13. The first-order chi connectivity index (χ1) is 12.9. The molecule has 0 aliphatic rings. The van der Waals surface area contributed by atoms with Crippen molar-refractivity contribution in [3.05, 3.63) is 60.2 Å². The number of carbonyl (C=O) groups excluding carboxylic acids is 3. The summed E-state index contributed by atoms with van der Waals surface area (Å²) in [5.41, 5.74) is 1.55. The number of anilines is 2. The lowest BCUT2D eigenvalue weighted by molar-refractivity contribution is -0.118. The summed E-state index contributed by atoms with van der Waals surface area (Å²) < 4.78 is 0. The largest absolute Gasteiger partial charge is 0.355 e. The van der Waals surface area contributed by atoms with Crippen LogP contribution >= 0.6 is 0 Å². The summed E-state index contributed by atoms with van der Waals surface area (Å²) in [6.07, 6.45) is 0. The monoisotopic (exact) mass is 368 g/mol. The van der Waals surface area contributed by atoms with Crippen LogP contribution in [0.15, 0.2) is 54.6 Å². The average molecular weight is 368 g/mol. The second-order valence-electron chi connectivity index (χ2n) is 6.34. The first-order valence-corrected chi connectivity index (χ1v) is 8.66. The molecule has 0 fully saturated rings. The predicted octanol–water partition coefficient (Wildman–Crippen LogP) is 2.83. The third-order valence-electron chi connectivity index (χ3n) is 3.89. The lowest BCUT2D eigenvalue weighted by Crippen LogP contribution is -2.48. The van der Waals surface area contributed by atoms with Gasteiger partial charge in [0.05, 0.1) is 0 Å². The van der Waals surface area contributed by atoms with Crippen LogP contribution in [-0.4, -0.2) is 30.9 Å². The molecule has 27 heavy (non-hydrogen) atoms.